The van der Waals surface area contributed by atoms with Crippen molar-refractivity contribution in [1.29, 1.82) is 0 Å². The molecule has 0 heterocycles. The number of para-hydroxylation sites is 1. The summed E-state index contributed by atoms with van der Waals surface area (Å²) in [5.74, 6) is -0.289. The third-order valence-corrected chi connectivity index (χ3v) is 3.63. The fraction of sp³-hybridized carbons (Fsp3) is 0. The fourth-order valence-corrected chi connectivity index (χ4v) is 2.33. The van der Waals surface area contributed by atoms with Crippen LogP contribution in [0.3, 0.4) is 0 Å². The van der Waals surface area contributed by atoms with Crippen molar-refractivity contribution in [1.82, 2.24) is 0 Å². The highest BCUT2D eigenvalue weighted by Crippen LogP contribution is 2.27. The number of hydrogen-bond donors (Lipinski definition) is 1. The van der Waals surface area contributed by atoms with E-state index in [1.807, 2.05) is 42.5 Å². The summed E-state index contributed by atoms with van der Waals surface area (Å²) in [5, 5.41) is 11.6. The van der Waals surface area contributed by atoms with E-state index in [1.54, 1.807) is 36.4 Å². The van der Waals surface area contributed by atoms with Crippen molar-refractivity contribution < 1.29 is 4.79 Å². The molecule has 1 amide bonds. The Morgan fingerprint density at radius 3 is 2.25 bits per heavy atom. The molecule has 3 aromatic rings. The highest BCUT2D eigenvalue weighted by atomic mass is 35.5. The van der Waals surface area contributed by atoms with Gasteiger partial charge < -0.3 is 5.32 Å². The average molecular weight is 336 g/mol. The summed E-state index contributed by atoms with van der Waals surface area (Å²) in [5.41, 5.74) is 2.29. The number of hydrogen-bond acceptors (Lipinski definition) is 3. The molecule has 0 aliphatic carbocycles. The van der Waals surface area contributed by atoms with Crippen molar-refractivity contribution in [3.05, 3.63) is 89.4 Å². The van der Waals surface area contributed by atoms with Crippen LogP contribution in [0.5, 0.6) is 0 Å². The van der Waals surface area contributed by atoms with Gasteiger partial charge in [-0.2, -0.15) is 5.11 Å². The second-order valence-corrected chi connectivity index (χ2v) is 5.39. The third kappa shape index (κ3) is 3.86. The maximum atomic E-state index is 12.4. The Balaban J connectivity index is 1.83. The van der Waals surface area contributed by atoms with Crippen LogP contribution in [0.15, 0.2) is 89.1 Å². The molecule has 1 N–H and O–H groups in total. The summed E-state index contributed by atoms with van der Waals surface area (Å²) in [6.45, 7) is 0. The summed E-state index contributed by atoms with van der Waals surface area (Å²) in [7, 11) is 0. The van der Waals surface area contributed by atoms with Gasteiger partial charge in [0.2, 0.25) is 0 Å². The Bertz CT molecular complexity index is 879. The van der Waals surface area contributed by atoms with Crippen LogP contribution in [0, 0.1) is 0 Å². The summed E-state index contributed by atoms with van der Waals surface area (Å²) in [6, 6.07) is 23.5. The molecular formula is C19H14ClN3O. The smallest absolute Gasteiger partial charge is 0.257 e. The largest absolute Gasteiger partial charge is 0.320 e. The minimum Gasteiger partial charge on any atom is -0.320 e. The summed E-state index contributed by atoms with van der Waals surface area (Å²) < 4.78 is 0. The number of benzene rings is 3. The van der Waals surface area contributed by atoms with Crippen molar-refractivity contribution >= 4 is 34.6 Å². The van der Waals surface area contributed by atoms with Gasteiger partial charge in [-0.3, -0.25) is 4.79 Å². The van der Waals surface area contributed by atoms with E-state index in [0.717, 1.165) is 5.69 Å². The van der Waals surface area contributed by atoms with Gasteiger partial charge in [-0.05, 0) is 36.4 Å². The molecule has 0 aromatic heterocycles. The first-order valence-electron chi connectivity index (χ1n) is 7.36. The van der Waals surface area contributed by atoms with Gasteiger partial charge in [-0.1, -0.05) is 54.1 Å². The summed E-state index contributed by atoms with van der Waals surface area (Å²) >= 11 is 6.06. The monoisotopic (exact) mass is 335 g/mol. The number of carbonyl (C=O) groups excluding carboxylic acids is 1. The van der Waals surface area contributed by atoms with Gasteiger partial charge in [0, 0.05) is 0 Å². The van der Waals surface area contributed by atoms with Crippen LogP contribution in [0.25, 0.3) is 0 Å². The second kappa shape index (κ2) is 7.53. The second-order valence-electron chi connectivity index (χ2n) is 4.99. The van der Waals surface area contributed by atoms with Crippen LogP contribution in [-0.2, 0) is 0 Å². The lowest BCUT2D eigenvalue weighted by Gasteiger charge is -2.08. The van der Waals surface area contributed by atoms with E-state index in [4.69, 9.17) is 11.6 Å². The van der Waals surface area contributed by atoms with Gasteiger partial charge in [-0.25, -0.2) is 0 Å². The molecule has 3 rings (SSSR count). The van der Waals surface area contributed by atoms with E-state index in [9.17, 15) is 4.79 Å². The van der Waals surface area contributed by atoms with Crippen LogP contribution in [0.2, 0.25) is 5.02 Å². The number of nitrogens with zero attached hydrogens (tertiary/aromatic N) is 2. The van der Waals surface area contributed by atoms with Crippen LogP contribution in [0.1, 0.15) is 10.4 Å². The maximum Gasteiger partial charge on any atom is 0.257 e. The molecule has 0 unspecified atom stereocenters. The first-order chi connectivity index (χ1) is 11.7. The Labute approximate surface area is 144 Å². The number of azo groups is 1. The molecule has 24 heavy (non-hydrogen) atoms. The van der Waals surface area contributed by atoms with Crippen molar-refractivity contribution in [2.75, 3.05) is 5.32 Å². The molecule has 4 nitrogen and oxygen atoms in total. The quantitative estimate of drug-likeness (QED) is 0.583. The zero-order valence-electron chi connectivity index (χ0n) is 12.7. The third-order valence-electron chi connectivity index (χ3n) is 3.30. The van der Waals surface area contributed by atoms with Gasteiger partial charge in [0.05, 0.1) is 22.0 Å². The number of amides is 1. The molecule has 0 fully saturated rings. The number of halogens is 1. The molecule has 0 spiro atoms. The van der Waals surface area contributed by atoms with Crippen LogP contribution < -0.4 is 5.32 Å². The number of rotatable bonds is 4. The van der Waals surface area contributed by atoms with E-state index in [-0.39, 0.29) is 5.91 Å². The molecule has 118 valence electrons. The number of anilines is 1. The predicted octanol–water partition coefficient (Wildman–Crippen LogP) is 6.01. The Morgan fingerprint density at radius 2 is 1.46 bits per heavy atom. The first kappa shape index (κ1) is 15.9. The molecule has 5 heteroatoms. The molecule has 3 aromatic carbocycles. The van der Waals surface area contributed by atoms with Gasteiger partial charge in [0.1, 0.15) is 5.69 Å². The average Bonchev–Trinajstić information content (AvgIpc) is 2.62. The molecule has 0 aliphatic rings. The van der Waals surface area contributed by atoms with Crippen LogP contribution in [0.4, 0.5) is 17.1 Å². The van der Waals surface area contributed by atoms with Crippen LogP contribution in [-0.4, -0.2) is 5.91 Å². The number of carbonyl (C=O) groups is 1. The lowest BCUT2D eigenvalue weighted by atomic mass is 10.2. The van der Waals surface area contributed by atoms with E-state index >= 15 is 0 Å². The van der Waals surface area contributed by atoms with Gasteiger partial charge in [-0.15, -0.1) is 5.11 Å². The molecule has 0 saturated heterocycles. The van der Waals surface area contributed by atoms with E-state index in [0.29, 0.717) is 22.0 Å². The molecule has 0 atom stereocenters. The summed E-state index contributed by atoms with van der Waals surface area (Å²) in [4.78, 5) is 12.4. The van der Waals surface area contributed by atoms with Crippen LogP contribution >= 0.6 is 11.6 Å². The van der Waals surface area contributed by atoms with Crippen molar-refractivity contribution in [2.45, 2.75) is 0 Å². The molecule has 0 bridgehead atoms. The first-order valence-corrected chi connectivity index (χ1v) is 7.73. The SMILES string of the molecule is O=C(Nc1ccccc1N=Nc1ccccc1)c1ccccc1Cl. The predicted molar refractivity (Wildman–Crippen MR) is 96.5 cm³/mol. The zero-order valence-corrected chi connectivity index (χ0v) is 13.4. The Kier molecular flexibility index (Phi) is 4.99. The summed E-state index contributed by atoms with van der Waals surface area (Å²) in [6.07, 6.45) is 0. The topological polar surface area (TPSA) is 53.8 Å². The lowest BCUT2D eigenvalue weighted by molar-refractivity contribution is 0.102. The van der Waals surface area contributed by atoms with Crippen molar-refractivity contribution in [2.24, 2.45) is 10.2 Å². The van der Waals surface area contributed by atoms with Gasteiger partial charge >= 0.3 is 0 Å². The minimum absolute atomic E-state index is 0.289. The van der Waals surface area contributed by atoms with E-state index < -0.39 is 0 Å². The minimum atomic E-state index is -0.289. The normalized spacial score (nSPS) is 10.7. The zero-order chi connectivity index (χ0) is 16.8. The maximum absolute atomic E-state index is 12.4. The van der Waals surface area contributed by atoms with E-state index in [2.05, 4.69) is 15.5 Å². The Hall–Kier alpha value is -2.98. The van der Waals surface area contributed by atoms with Crippen molar-refractivity contribution in [3.63, 3.8) is 0 Å². The van der Waals surface area contributed by atoms with E-state index in [1.165, 1.54) is 0 Å². The van der Waals surface area contributed by atoms with Crippen molar-refractivity contribution in [3.8, 4) is 0 Å². The highest BCUT2D eigenvalue weighted by molar-refractivity contribution is 6.34. The highest BCUT2D eigenvalue weighted by Gasteiger charge is 2.11. The Morgan fingerprint density at radius 1 is 0.792 bits per heavy atom. The van der Waals surface area contributed by atoms with Gasteiger partial charge in [0.25, 0.3) is 5.91 Å². The lowest BCUT2D eigenvalue weighted by Crippen LogP contribution is -2.12. The molecule has 0 radical (unpaired) electrons. The number of nitrogens with one attached hydrogen (secondary N) is 1. The fourth-order valence-electron chi connectivity index (χ4n) is 2.11. The molecule has 0 saturated carbocycles. The molecular weight excluding hydrogens is 322 g/mol. The standard InChI is InChI=1S/C19H14ClN3O/c20-16-11-5-4-10-15(16)19(24)21-17-12-6-7-13-18(17)23-22-14-8-2-1-3-9-14/h1-13H,(H,21,24). The van der Waals surface area contributed by atoms with Gasteiger partial charge in [0.15, 0.2) is 0 Å². The molecule has 0 aliphatic heterocycles.